The van der Waals surface area contributed by atoms with E-state index in [0.29, 0.717) is 5.56 Å². The molecule has 3 unspecified atom stereocenters. The zero-order chi connectivity index (χ0) is 15.4. The van der Waals surface area contributed by atoms with Crippen LogP contribution in [-0.4, -0.2) is 23.9 Å². The molecule has 6 heteroatoms. The van der Waals surface area contributed by atoms with Crippen LogP contribution in [0.5, 0.6) is 0 Å². The summed E-state index contributed by atoms with van der Waals surface area (Å²) in [6.07, 6.45) is 1.54. The summed E-state index contributed by atoms with van der Waals surface area (Å²) in [7, 11) is 0. The lowest BCUT2D eigenvalue weighted by Crippen LogP contribution is -2.24. The van der Waals surface area contributed by atoms with Gasteiger partial charge in [0.2, 0.25) is 0 Å². The molecule has 3 aliphatic rings. The lowest BCUT2D eigenvalue weighted by atomic mass is 9.73. The second kappa shape index (κ2) is 4.37. The van der Waals surface area contributed by atoms with Gasteiger partial charge in [0.15, 0.2) is 0 Å². The summed E-state index contributed by atoms with van der Waals surface area (Å²) in [6, 6.07) is 7.07. The van der Waals surface area contributed by atoms with Gasteiger partial charge >= 0.3 is 23.9 Å². The molecule has 2 fully saturated rings. The molecule has 22 heavy (non-hydrogen) atoms. The summed E-state index contributed by atoms with van der Waals surface area (Å²) in [5, 5.41) is 0. The molecule has 2 heterocycles. The smallest absolute Gasteiger partial charge is 0.342 e. The Morgan fingerprint density at radius 1 is 0.909 bits per heavy atom. The van der Waals surface area contributed by atoms with Gasteiger partial charge in [-0.25, -0.2) is 4.79 Å². The van der Waals surface area contributed by atoms with Crippen LogP contribution in [0.2, 0.25) is 0 Å². The molecule has 0 bridgehead atoms. The first kappa shape index (κ1) is 12.9. The Labute approximate surface area is 124 Å². The predicted molar refractivity (Wildman–Crippen MR) is 70.3 cm³/mol. The van der Waals surface area contributed by atoms with Crippen molar-refractivity contribution in [2.45, 2.75) is 18.3 Å². The first-order valence-electron chi connectivity index (χ1n) is 6.87. The van der Waals surface area contributed by atoms with Gasteiger partial charge < -0.3 is 9.47 Å². The number of allylic oxidation sites excluding steroid dienone is 1. The first-order valence-corrected chi connectivity index (χ1v) is 6.87. The van der Waals surface area contributed by atoms with Crippen molar-refractivity contribution in [1.29, 1.82) is 0 Å². The van der Waals surface area contributed by atoms with E-state index in [-0.39, 0.29) is 12.0 Å². The normalized spacial score (nSPS) is 29.6. The molecule has 0 saturated carbocycles. The van der Waals surface area contributed by atoms with E-state index in [1.807, 2.05) is 0 Å². The molecular formula is C16H10O6. The number of cyclic esters (lactones) is 4. The maximum atomic E-state index is 11.9. The Balaban J connectivity index is 1.87. The third-order valence-electron chi connectivity index (χ3n) is 4.34. The number of carbonyl (C=O) groups excluding carboxylic acids is 4. The third-order valence-corrected chi connectivity index (χ3v) is 4.34. The highest BCUT2D eigenvalue weighted by atomic mass is 16.6. The van der Waals surface area contributed by atoms with E-state index >= 15 is 0 Å². The van der Waals surface area contributed by atoms with Crippen molar-refractivity contribution < 1.29 is 28.7 Å². The lowest BCUT2D eigenvalue weighted by molar-refractivity contribution is -0.154. The molecule has 110 valence electrons. The Bertz CT molecular complexity index is 775. The monoisotopic (exact) mass is 298 g/mol. The summed E-state index contributed by atoms with van der Waals surface area (Å²) < 4.78 is 9.31. The lowest BCUT2D eigenvalue weighted by Gasteiger charge is -2.26. The fourth-order valence-electron chi connectivity index (χ4n) is 3.37. The van der Waals surface area contributed by atoms with Crippen molar-refractivity contribution in [3.05, 3.63) is 47.0 Å². The summed E-state index contributed by atoms with van der Waals surface area (Å²) in [6.45, 7) is 0. The zero-order valence-electron chi connectivity index (χ0n) is 11.3. The zero-order valence-corrected chi connectivity index (χ0v) is 11.3. The molecule has 0 amide bonds. The van der Waals surface area contributed by atoms with Crippen molar-refractivity contribution in [3.63, 3.8) is 0 Å². The van der Waals surface area contributed by atoms with Crippen LogP contribution in [0.25, 0.3) is 0 Å². The molecule has 0 spiro atoms. The summed E-state index contributed by atoms with van der Waals surface area (Å²) in [4.78, 5) is 47.0. The Hall–Kier alpha value is -2.76. The van der Waals surface area contributed by atoms with Gasteiger partial charge in [-0.1, -0.05) is 30.3 Å². The quantitative estimate of drug-likeness (QED) is 0.567. The number of benzene rings is 1. The van der Waals surface area contributed by atoms with Crippen LogP contribution in [0.1, 0.15) is 29.4 Å². The molecule has 0 radical (unpaired) electrons. The predicted octanol–water partition coefficient (Wildman–Crippen LogP) is 0.967. The van der Waals surface area contributed by atoms with Gasteiger partial charge in [-0.15, -0.1) is 0 Å². The number of hydrogen-bond acceptors (Lipinski definition) is 6. The molecule has 3 atom stereocenters. The summed E-state index contributed by atoms with van der Waals surface area (Å²) in [5.41, 5.74) is 1.63. The van der Waals surface area contributed by atoms with Crippen molar-refractivity contribution >= 4 is 23.9 Å². The van der Waals surface area contributed by atoms with Gasteiger partial charge in [0, 0.05) is 5.92 Å². The Morgan fingerprint density at radius 2 is 1.64 bits per heavy atom. The van der Waals surface area contributed by atoms with Crippen molar-refractivity contribution in [2.75, 3.05) is 0 Å². The fraction of sp³-hybridized carbons (Fsp3) is 0.250. The minimum absolute atomic E-state index is 0.0325. The third kappa shape index (κ3) is 1.67. The van der Waals surface area contributed by atoms with Crippen LogP contribution >= 0.6 is 0 Å². The molecule has 0 N–H and O–H groups in total. The van der Waals surface area contributed by atoms with Crippen LogP contribution in [0, 0.1) is 5.92 Å². The SMILES string of the molecule is O=C1CC(C2C=C3C(=O)OC(=O)C3c3ccccc32)C(=O)O1. The van der Waals surface area contributed by atoms with E-state index in [1.165, 1.54) is 0 Å². The molecule has 0 aromatic heterocycles. The fourth-order valence-corrected chi connectivity index (χ4v) is 3.37. The van der Waals surface area contributed by atoms with Crippen LogP contribution in [0.4, 0.5) is 0 Å². The minimum atomic E-state index is -0.743. The van der Waals surface area contributed by atoms with E-state index < -0.39 is 41.6 Å². The highest BCUT2D eigenvalue weighted by Crippen LogP contribution is 2.46. The summed E-state index contributed by atoms with van der Waals surface area (Å²) >= 11 is 0. The highest BCUT2D eigenvalue weighted by molar-refractivity contribution is 6.11. The van der Waals surface area contributed by atoms with E-state index in [2.05, 4.69) is 4.74 Å². The topological polar surface area (TPSA) is 86.7 Å². The van der Waals surface area contributed by atoms with Crippen molar-refractivity contribution in [2.24, 2.45) is 5.92 Å². The maximum absolute atomic E-state index is 11.9. The molecular weight excluding hydrogens is 288 g/mol. The molecule has 4 rings (SSSR count). The van der Waals surface area contributed by atoms with E-state index in [4.69, 9.17) is 4.74 Å². The van der Waals surface area contributed by atoms with Gasteiger partial charge in [0.25, 0.3) is 0 Å². The number of carbonyl (C=O) groups is 4. The van der Waals surface area contributed by atoms with E-state index in [1.54, 1.807) is 30.3 Å². The highest BCUT2D eigenvalue weighted by Gasteiger charge is 2.48. The number of rotatable bonds is 1. The molecule has 1 aromatic rings. The van der Waals surface area contributed by atoms with Gasteiger partial charge in [0.1, 0.15) is 5.92 Å². The van der Waals surface area contributed by atoms with Crippen LogP contribution in [0.15, 0.2) is 35.9 Å². The van der Waals surface area contributed by atoms with E-state index in [9.17, 15) is 19.2 Å². The average molecular weight is 298 g/mol. The van der Waals surface area contributed by atoms with Crippen LogP contribution in [-0.2, 0) is 28.7 Å². The number of hydrogen-bond donors (Lipinski definition) is 0. The minimum Gasteiger partial charge on any atom is -0.393 e. The van der Waals surface area contributed by atoms with Crippen LogP contribution < -0.4 is 0 Å². The molecule has 6 nitrogen and oxygen atoms in total. The van der Waals surface area contributed by atoms with Crippen LogP contribution in [0.3, 0.4) is 0 Å². The molecule has 2 saturated heterocycles. The van der Waals surface area contributed by atoms with Crippen molar-refractivity contribution in [3.8, 4) is 0 Å². The second-order valence-corrected chi connectivity index (χ2v) is 5.52. The number of ether oxygens (including phenoxy) is 2. The number of fused-ring (bicyclic) bond motifs is 3. The second-order valence-electron chi connectivity index (χ2n) is 5.52. The largest absolute Gasteiger partial charge is 0.393 e. The average Bonchev–Trinajstić information content (AvgIpc) is 2.97. The van der Waals surface area contributed by atoms with Gasteiger partial charge in [0.05, 0.1) is 17.9 Å². The maximum Gasteiger partial charge on any atom is 0.342 e. The van der Waals surface area contributed by atoms with E-state index in [0.717, 1.165) is 5.56 Å². The van der Waals surface area contributed by atoms with Gasteiger partial charge in [-0.3, -0.25) is 14.4 Å². The number of esters is 4. The van der Waals surface area contributed by atoms with Gasteiger partial charge in [-0.2, -0.15) is 0 Å². The molecule has 1 aliphatic carbocycles. The molecule has 2 aliphatic heterocycles. The standard InChI is InChI=1S/C16H10O6/c17-12-6-10(14(18)21-12)9-5-11-13(16(20)22-15(11)19)8-4-2-1-3-7(8)9/h1-5,9-10,13H,6H2. The van der Waals surface area contributed by atoms with Gasteiger partial charge in [-0.05, 0) is 11.1 Å². The Kier molecular flexibility index (Phi) is 2.57. The summed E-state index contributed by atoms with van der Waals surface area (Å²) in [5.74, 6) is -4.35. The Morgan fingerprint density at radius 3 is 2.32 bits per heavy atom. The molecule has 1 aromatic carbocycles. The van der Waals surface area contributed by atoms with Crippen molar-refractivity contribution in [1.82, 2.24) is 0 Å². The first-order chi connectivity index (χ1) is 10.6.